The summed E-state index contributed by atoms with van der Waals surface area (Å²) in [6.45, 7) is 2.21. The average Bonchev–Trinajstić information content (AvgIpc) is 2.26. The zero-order valence-electron chi connectivity index (χ0n) is 9.19. The molecule has 0 saturated carbocycles. The summed E-state index contributed by atoms with van der Waals surface area (Å²) in [5, 5.41) is -0.171. The molecule has 1 aromatic rings. The lowest BCUT2D eigenvalue weighted by atomic mass is 10.2. The number of hydrogen-bond donors (Lipinski definition) is 1. The van der Waals surface area contributed by atoms with Gasteiger partial charge in [0, 0.05) is 0 Å². The quantitative estimate of drug-likeness (QED) is 0.884. The van der Waals surface area contributed by atoms with E-state index < -0.39 is 15.1 Å². The Balaban J connectivity index is 3.15. The van der Waals surface area contributed by atoms with Crippen LogP contribution in [0, 0.1) is 0 Å². The van der Waals surface area contributed by atoms with Crippen molar-refractivity contribution in [3.8, 4) is 0 Å². The van der Waals surface area contributed by atoms with Gasteiger partial charge in [0.1, 0.15) is 0 Å². The average molecular weight is 262 g/mol. The van der Waals surface area contributed by atoms with Gasteiger partial charge in [0.15, 0.2) is 9.84 Å². The molecule has 0 amide bonds. The number of hydrogen-bond acceptors (Lipinski definition) is 3. The predicted octanol–water partition coefficient (Wildman–Crippen LogP) is 2.24. The normalized spacial score (nSPS) is 13.7. The van der Waals surface area contributed by atoms with Crippen molar-refractivity contribution in [3.63, 3.8) is 0 Å². The van der Waals surface area contributed by atoms with Crippen LogP contribution >= 0.6 is 11.6 Å². The smallest absolute Gasteiger partial charge is 0.182 e. The van der Waals surface area contributed by atoms with Crippen molar-refractivity contribution >= 4 is 21.4 Å². The van der Waals surface area contributed by atoms with Crippen LogP contribution in [0.3, 0.4) is 0 Å². The third-order valence-corrected chi connectivity index (χ3v) is 5.38. The molecule has 0 fully saturated rings. The summed E-state index contributed by atoms with van der Waals surface area (Å²) < 4.78 is 24.5. The lowest BCUT2D eigenvalue weighted by Crippen LogP contribution is -2.24. The lowest BCUT2D eigenvalue weighted by Gasteiger charge is -2.15. The van der Waals surface area contributed by atoms with Crippen LogP contribution < -0.4 is 5.73 Å². The number of rotatable bonds is 5. The summed E-state index contributed by atoms with van der Waals surface area (Å²) in [4.78, 5) is 0.206. The molecule has 3 nitrogen and oxygen atoms in total. The fourth-order valence-electron chi connectivity index (χ4n) is 1.62. The third-order valence-electron chi connectivity index (χ3n) is 2.53. The highest BCUT2D eigenvalue weighted by Gasteiger charge is 2.26. The zero-order chi connectivity index (χ0) is 12.2. The Morgan fingerprint density at radius 2 is 2.00 bits per heavy atom. The fraction of sp³-hybridized carbons (Fsp3) is 0.455. The molecular weight excluding hydrogens is 246 g/mol. The van der Waals surface area contributed by atoms with Gasteiger partial charge in [-0.3, -0.25) is 0 Å². The van der Waals surface area contributed by atoms with Crippen molar-refractivity contribution in [2.24, 2.45) is 5.73 Å². The fourth-order valence-corrected chi connectivity index (χ4v) is 3.93. The molecular formula is C11H16ClNO2S. The summed E-state index contributed by atoms with van der Waals surface area (Å²) in [7, 11) is -3.36. The molecule has 0 bridgehead atoms. The maximum Gasteiger partial charge on any atom is 0.182 e. The maximum absolute atomic E-state index is 12.2. The zero-order valence-corrected chi connectivity index (χ0v) is 10.8. The van der Waals surface area contributed by atoms with Gasteiger partial charge in [-0.15, -0.1) is 0 Å². The summed E-state index contributed by atoms with van der Waals surface area (Å²) in [6.07, 6.45) is 1.01. The Hall–Kier alpha value is -0.580. The van der Waals surface area contributed by atoms with Gasteiger partial charge < -0.3 is 5.73 Å². The summed E-state index contributed by atoms with van der Waals surface area (Å²) in [5.74, 6) is 0. The summed E-state index contributed by atoms with van der Waals surface area (Å²) in [5.41, 5.74) is 5.42. The molecule has 1 aromatic carbocycles. The molecule has 0 aromatic heterocycles. The molecule has 1 unspecified atom stereocenters. The first-order valence-corrected chi connectivity index (χ1v) is 7.15. The number of nitrogens with two attached hydrogens (primary N) is 1. The van der Waals surface area contributed by atoms with Crippen molar-refractivity contribution in [3.05, 3.63) is 29.3 Å². The molecule has 16 heavy (non-hydrogen) atoms. The minimum absolute atomic E-state index is 0.206. The minimum atomic E-state index is -3.36. The Morgan fingerprint density at radius 3 is 2.50 bits per heavy atom. The molecule has 0 aliphatic rings. The lowest BCUT2D eigenvalue weighted by molar-refractivity contribution is 0.567. The van der Waals surface area contributed by atoms with Crippen LogP contribution in [0.15, 0.2) is 29.2 Å². The molecule has 0 aliphatic heterocycles. The van der Waals surface area contributed by atoms with Crippen molar-refractivity contribution in [2.75, 3.05) is 6.54 Å². The largest absolute Gasteiger partial charge is 0.330 e. The van der Waals surface area contributed by atoms with Crippen LogP contribution in [0.25, 0.3) is 0 Å². The highest BCUT2D eigenvalue weighted by molar-refractivity contribution is 7.92. The van der Waals surface area contributed by atoms with E-state index in [0.717, 1.165) is 0 Å². The van der Waals surface area contributed by atoms with E-state index in [1.54, 1.807) is 18.2 Å². The Kier molecular flexibility index (Phi) is 4.77. The van der Waals surface area contributed by atoms with Gasteiger partial charge in [-0.05, 0) is 31.5 Å². The van der Waals surface area contributed by atoms with Crippen LogP contribution in [0.1, 0.15) is 19.8 Å². The minimum Gasteiger partial charge on any atom is -0.330 e. The van der Waals surface area contributed by atoms with Gasteiger partial charge in [-0.2, -0.15) is 0 Å². The summed E-state index contributed by atoms with van der Waals surface area (Å²) >= 11 is 5.90. The van der Waals surface area contributed by atoms with Crippen LogP contribution in [0.4, 0.5) is 0 Å². The molecule has 1 rings (SSSR count). The molecule has 0 saturated heterocycles. The van der Waals surface area contributed by atoms with Crippen LogP contribution in [0.5, 0.6) is 0 Å². The maximum atomic E-state index is 12.2. The van der Waals surface area contributed by atoms with E-state index in [-0.39, 0.29) is 9.92 Å². The molecule has 2 N–H and O–H groups in total. The molecule has 0 spiro atoms. The first kappa shape index (κ1) is 13.5. The molecule has 0 aliphatic carbocycles. The topological polar surface area (TPSA) is 60.2 Å². The number of halogens is 1. The molecule has 5 heteroatoms. The van der Waals surface area contributed by atoms with E-state index in [1.165, 1.54) is 6.07 Å². The van der Waals surface area contributed by atoms with Gasteiger partial charge in [-0.1, -0.05) is 30.7 Å². The van der Waals surface area contributed by atoms with Crippen LogP contribution in [0.2, 0.25) is 5.02 Å². The van der Waals surface area contributed by atoms with E-state index in [0.29, 0.717) is 19.4 Å². The van der Waals surface area contributed by atoms with E-state index >= 15 is 0 Å². The highest BCUT2D eigenvalue weighted by Crippen LogP contribution is 2.26. The van der Waals surface area contributed by atoms with Gasteiger partial charge >= 0.3 is 0 Å². The van der Waals surface area contributed by atoms with E-state index in [9.17, 15) is 8.42 Å². The predicted molar refractivity (Wildman–Crippen MR) is 66.4 cm³/mol. The van der Waals surface area contributed by atoms with Crippen LogP contribution in [-0.4, -0.2) is 20.2 Å². The van der Waals surface area contributed by atoms with Crippen molar-refractivity contribution in [1.29, 1.82) is 0 Å². The first-order chi connectivity index (χ1) is 7.54. The Morgan fingerprint density at radius 1 is 1.38 bits per heavy atom. The molecule has 1 atom stereocenters. The molecule has 0 heterocycles. The second kappa shape index (κ2) is 5.66. The number of sulfone groups is 1. The van der Waals surface area contributed by atoms with Gasteiger partial charge in [0.2, 0.25) is 0 Å². The SMILES string of the molecule is CCC(CCN)S(=O)(=O)c1ccccc1Cl. The van der Waals surface area contributed by atoms with E-state index in [2.05, 4.69) is 0 Å². The van der Waals surface area contributed by atoms with Crippen molar-refractivity contribution in [1.82, 2.24) is 0 Å². The third kappa shape index (κ3) is 2.75. The molecule has 90 valence electrons. The van der Waals surface area contributed by atoms with Crippen molar-refractivity contribution in [2.45, 2.75) is 29.9 Å². The second-order valence-electron chi connectivity index (χ2n) is 3.58. The molecule has 0 radical (unpaired) electrons. The van der Waals surface area contributed by atoms with Gasteiger partial charge in [-0.25, -0.2) is 8.42 Å². The van der Waals surface area contributed by atoms with Gasteiger partial charge in [0.25, 0.3) is 0 Å². The second-order valence-corrected chi connectivity index (χ2v) is 6.19. The van der Waals surface area contributed by atoms with Crippen molar-refractivity contribution < 1.29 is 8.42 Å². The monoisotopic (exact) mass is 261 g/mol. The first-order valence-electron chi connectivity index (χ1n) is 5.22. The Bertz CT molecular complexity index is 445. The van der Waals surface area contributed by atoms with E-state index in [1.807, 2.05) is 6.92 Å². The highest BCUT2D eigenvalue weighted by atomic mass is 35.5. The number of benzene rings is 1. The Labute approximate surface area is 102 Å². The standard InChI is InChI=1S/C11H16ClNO2S/c1-2-9(7-8-13)16(14,15)11-6-4-3-5-10(11)12/h3-6,9H,2,7-8,13H2,1H3. The van der Waals surface area contributed by atoms with E-state index in [4.69, 9.17) is 17.3 Å². The summed E-state index contributed by atoms with van der Waals surface area (Å²) in [6, 6.07) is 6.51. The van der Waals surface area contributed by atoms with Crippen LogP contribution in [-0.2, 0) is 9.84 Å². The van der Waals surface area contributed by atoms with Gasteiger partial charge in [0.05, 0.1) is 15.2 Å².